The van der Waals surface area contributed by atoms with Gasteiger partial charge in [0.05, 0.1) is 29.5 Å². The van der Waals surface area contributed by atoms with E-state index in [1.165, 1.54) is 6.21 Å². The first-order valence-corrected chi connectivity index (χ1v) is 12.6. The summed E-state index contributed by atoms with van der Waals surface area (Å²) in [6, 6.07) is 16.1. The second-order valence-corrected chi connectivity index (χ2v) is 9.10. The molecule has 0 unspecified atom stereocenters. The zero-order valence-electron chi connectivity index (χ0n) is 19.3. The first-order valence-electron chi connectivity index (χ1n) is 11.0. The number of ether oxygens (including phenoxy) is 3. The number of hydrogen-bond donors (Lipinski definition) is 1. The largest absolute Gasteiger partial charge is 0.490 e. The highest BCUT2D eigenvalue weighted by Crippen LogP contribution is 2.34. The molecule has 0 saturated heterocycles. The Labute approximate surface area is 223 Å². The van der Waals surface area contributed by atoms with E-state index < -0.39 is 5.91 Å². The second-order valence-electron chi connectivity index (χ2n) is 7.37. The van der Waals surface area contributed by atoms with Gasteiger partial charge in [-0.05, 0) is 66.9 Å². The van der Waals surface area contributed by atoms with Crippen molar-refractivity contribution in [2.45, 2.75) is 26.9 Å². The van der Waals surface area contributed by atoms with Gasteiger partial charge < -0.3 is 14.2 Å². The molecule has 184 valence electrons. The Morgan fingerprint density at radius 2 is 1.69 bits per heavy atom. The maximum Gasteiger partial charge on any atom is 0.271 e. The van der Waals surface area contributed by atoms with Gasteiger partial charge in [-0.25, -0.2) is 5.43 Å². The zero-order valence-corrected chi connectivity index (χ0v) is 22.4. The molecule has 0 bridgehead atoms. The molecule has 0 radical (unpaired) electrons. The summed E-state index contributed by atoms with van der Waals surface area (Å²) in [6.07, 6.45) is 2.32. The molecule has 3 aromatic rings. The highest BCUT2D eigenvalue weighted by atomic mass is 79.9. The van der Waals surface area contributed by atoms with Crippen LogP contribution in [0.15, 0.2) is 64.2 Å². The maximum atomic E-state index is 12.5. The first kappa shape index (κ1) is 26.9. The number of hydrazone groups is 1. The summed E-state index contributed by atoms with van der Waals surface area (Å²) >= 11 is 16.1. The molecule has 3 aromatic carbocycles. The molecule has 3 rings (SSSR count). The van der Waals surface area contributed by atoms with E-state index in [1.807, 2.05) is 38.1 Å². The van der Waals surface area contributed by atoms with Gasteiger partial charge >= 0.3 is 0 Å². The van der Waals surface area contributed by atoms with Crippen LogP contribution >= 0.6 is 39.1 Å². The molecule has 0 spiro atoms. The van der Waals surface area contributed by atoms with Crippen molar-refractivity contribution in [2.24, 2.45) is 5.10 Å². The number of halogens is 3. The number of rotatable bonds is 11. The van der Waals surface area contributed by atoms with Crippen LogP contribution in [0.25, 0.3) is 0 Å². The minimum absolute atomic E-state index is 0.322. The number of nitrogens with one attached hydrogen (secondary N) is 1. The highest BCUT2D eigenvalue weighted by Gasteiger charge is 2.12. The standard InChI is InChI=1S/C26H25BrCl2N2O4/c1-3-11-34-23-10-7-19(14-24(23)33-4-2)26(32)31-30-15-18-12-21(28)25(22(29)13-18)35-16-17-5-8-20(27)9-6-17/h5-10,12-15H,3-4,11,16H2,1-2H3,(H,31,32)/b30-15+. The fourth-order valence-electron chi connectivity index (χ4n) is 3.01. The van der Waals surface area contributed by atoms with Crippen LogP contribution in [-0.4, -0.2) is 25.3 Å². The maximum absolute atomic E-state index is 12.5. The number of amides is 1. The highest BCUT2D eigenvalue weighted by molar-refractivity contribution is 9.10. The van der Waals surface area contributed by atoms with E-state index in [9.17, 15) is 4.79 Å². The van der Waals surface area contributed by atoms with E-state index in [0.29, 0.717) is 58.2 Å². The van der Waals surface area contributed by atoms with Crippen LogP contribution in [0, 0.1) is 0 Å². The quantitative estimate of drug-likeness (QED) is 0.191. The summed E-state index contributed by atoms with van der Waals surface area (Å²) < 4.78 is 18.1. The molecule has 0 aliphatic rings. The summed E-state index contributed by atoms with van der Waals surface area (Å²) in [7, 11) is 0. The van der Waals surface area contributed by atoms with Crippen LogP contribution in [0.3, 0.4) is 0 Å². The van der Waals surface area contributed by atoms with Crippen LogP contribution in [-0.2, 0) is 6.61 Å². The van der Waals surface area contributed by atoms with Gasteiger partial charge in [0.1, 0.15) is 6.61 Å². The molecular weight excluding hydrogens is 555 g/mol. The minimum Gasteiger partial charge on any atom is -0.490 e. The van der Waals surface area contributed by atoms with E-state index >= 15 is 0 Å². The third-order valence-corrected chi connectivity index (χ3v) is 5.75. The number of hydrogen-bond acceptors (Lipinski definition) is 5. The molecule has 1 N–H and O–H groups in total. The van der Waals surface area contributed by atoms with Crippen molar-refractivity contribution in [1.29, 1.82) is 0 Å². The molecule has 0 atom stereocenters. The monoisotopic (exact) mass is 578 g/mol. The van der Waals surface area contributed by atoms with Crippen LogP contribution in [0.1, 0.15) is 41.8 Å². The van der Waals surface area contributed by atoms with Gasteiger partial charge in [-0.3, -0.25) is 4.79 Å². The smallest absolute Gasteiger partial charge is 0.271 e. The SMILES string of the molecule is CCCOc1ccc(C(=O)N/N=C/c2cc(Cl)c(OCc3ccc(Br)cc3)c(Cl)c2)cc1OCC. The summed E-state index contributed by atoms with van der Waals surface area (Å²) in [5.74, 6) is 1.09. The predicted molar refractivity (Wildman–Crippen MR) is 143 cm³/mol. The third-order valence-electron chi connectivity index (χ3n) is 4.66. The van der Waals surface area contributed by atoms with Gasteiger partial charge in [0.2, 0.25) is 0 Å². The van der Waals surface area contributed by atoms with Gasteiger partial charge in [0.15, 0.2) is 17.2 Å². The molecule has 6 nitrogen and oxygen atoms in total. The van der Waals surface area contributed by atoms with Crippen molar-refractivity contribution >= 4 is 51.3 Å². The summed E-state index contributed by atoms with van der Waals surface area (Å²) in [4.78, 5) is 12.5. The van der Waals surface area contributed by atoms with E-state index in [4.69, 9.17) is 37.4 Å². The molecule has 9 heteroatoms. The molecular formula is C26H25BrCl2N2O4. The van der Waals surface area contributed by atoms with Gasteiger partial charge in [0.25, 0.3) is 5.91 Å². The Bertz CT molecular complexity index is 1160. The van der Waals surface area contributed by atoms with E-state index in [1.54, 1.807) is 30.3 Å². The minimum atomic E-state index is -0.393. The average molecular weight is 580 g/mol. The topological polar surface area (TPSA) is 69.2 Å². The Hall–Kier alpha value is -2.74. The van der Waals surface area contributed by atoms with Crippen molar-refractivity contribution < 1.29 is 19.0 Å². The lowest BCUT2D eigenvalue weighted by atomic mass is 10.2. The third kappa shape index (κ3) is 7.88. The Morgan fingerprint density at radius 1 is 0.971 bits per heavy atom. The lowest BCUT2D eigenvalue weighted by molar-refractivity contribution is 0.0954. The van der Waals surface area contributed by atoms with Crippen LogP contribution in [0.4, 0.5) is 0 Å². The van der Waals surface area contributed by atoms with Crippen molar-refractivity contribution in [3.63, 3.8) is 0 Å². The molecule has 0 saturated carbocycles. The van der Waals surface area contributed by atoms with Crippen LogP contribution in [0.5, 0.6) is 17.2 Å². The van der Waals surface area contributed by atoms with E-state index in [2.05, 4.69) is 26.5 Å². The molecule has 0 aromatic heterocycles. The molecule has 0 fully saturated rings. The number of benzene rings is 3. The molecule has 0 aliphatic heterocycles. The average Bonchev–Trinajstić information content (AvgIpc) is 2.84. The number of carbonyl (C=O) groups is 1. The fraction of sp³-hybridized carbons (Fsp3) is 0.231. The Morgan fingerprint density at radius 3 is 2.34 bits per heavy atom. The van der Waals surface area contributed by atoms with Crippen molar-refractivity contribution in [2.75, 3.05) is 13.2 Å². The molecule has 1 amide bonds. The van der Waals surface area contributed by atoms with E-state index in [0.717, 1.165) is 16.5 Å². The van der Waals surface area contributed by atoms with Crippen molar-refractivity contribution in [3.05, 3.63) is 85.8 Å². The molecule has 0 aliphatic carbocycles. The summed E-state index contributed by atoms with van der Waals surface area (Å²) in [5, 5.41) is 4.70. The van der Waals surface area contributed by atoms with Crippen molar-refractivity contribution in [3.8, 4) is 17.2 Å². The van der Waals surface area contributed by atoms with Crippen molar-refractivity contribution in [1.82, 2.24) is 5.43 Å². The fourth-order valence-corrected chi connectivity index (χ4v) is 3.88. The van der Waals surface area contributed by atoms with E-state index in [-0.39, 0.29) is 0 Å². The summed E-state index contributed by atoms with van der Waals surface area (Å²) in [6.45, 7) is 5.23. The Kier molecular flexibility index (Phi) is 10.3. The number of carbonyl (C=O) groups excluding carboxylic acids is 1. The summed E-state index contributed by atoms with van der Waals surface area (Å²) in [5.41, 5.74) is 4.47. The Balaban J connectivity index is 1.64. The molecule has 0 heterocycles. The number of nitrogens with zero attached hydrogens (tertiary/aromatic N) is 1. The van der Waals surface area contributed by atoms with Gasteiger partial charge in [-0.15, -0.1) is 0 Å². The second kappa shape index (κ2) is 13.4. The normalized spacial score (nSPS) is 10.9. The predicted octanol–water partition coefficient (Wildman–Crippen LogP) is 7.29. The first-order chi connectivity index (χ1) is 16.9. The molecule has 35 heavy (non-hydrogen) atoms. The van der Waals surface area contributed by atoms with Crippen LogP contribution < -0.4 is 19.6 Å². The lowest BCUT2D eigenvalue weighted by Crippen LogP contribution is -2.17. The van der Waals surface area contributed by atoms with Gasteiger partial charge in [0, 0.05) is 10.0 Å². The van der Waals surface area contributed by atoms with Crippen LogP contribution in [0.2, 0.25) is 10.0 Å². The van der Waals surface area contributed by atoms with Gasteiger partial charge in [-0.2, -0.15) is 5.10 Å². The zero-order chi connectivity index (χ0) is 25.2. The lowest BCUT2D eigenvalue weighted by Gasteiger charge is -2.12. The van der Waals surface area contributed by atoms with Gasteiger partial charge in [-0.1, -0.05) is 58.2 Å².